The maximum Gasteiger partial charge on any atom is 0.119 e. The van der Waals surface area contributed by atoms with Gasteiger partial charge in [-0.3, -0.25) is 0 Å². The largest absolute Gasteiger partial charge is 0.494 e. The van der Waals surface area contributed by atoms with Crippen molar-refractivity contribution in [2.75, 3.05) is 6.61 Å². The Morgan fingerprint density at radius 1 is 0.571 bits per heavy atom. The molecule has 0 atom stereocenters. The lowest BCUT2D eigenvalue weighted by Gasteiger charge is -2.07. The second-order valence-corrected chi connectivity index (χ2v) is 9.26. The first kappa shape index (κ1) is 24.6. The summed E-state index contributed by atoms with van der Waals surface area (Å²) in [7, 11) is 0. The normalized spacial score (nSPS) is 10.7. The van der Waals surface area contributed by atoms with Crippen LogP contribution in [0.25, 0.3) is 21.9 Å². The highest BCUT2D eigenvalue weighted by atomic mass is 16.5. The Bertz CT molecular complexity index is 1270. The van der Waals surface area contributed by atoms with Crippen LogP contribution in [-0.4, -0.2) is 6.61 Å². The molecule has 0 unspecified atom stereocenters. The van der Waals surface area contributed by atoms with Gasteiger partial charge in [0.2, 0.25) is 0 Å². The molecular weight excluding hydrogens is 424 g/mol. The topological polar surface area (TPSA) is 9.23 Å². The van der Waals surface area contributed by atoms with Crippen molar-refractivity contribution in [1.82, 2.24) is 0 Å². The Hall–Kier alpha value is -3.50. The van der Waals surface area contributed by atoms with Crippen molar-refractivity contribution >= 4 is 10.8 Å². The number of hydrogen-bond donors (Lipinski definition) is 0. The monoisotopic (exact) mass is 460 g/mol. The van der Waals surface area contributed by atoms with Crippen LogP contribution in [0.3, 0.4) is 0 Å². The van der Waals surface area contributed by atoms with Gasteiger partial charge in [0, 0.05) is 11.1 Å². The van der Waals surface area contributed by atoms with E-state index < -0.39 is 0 Å². The highest BCUT2D eigenvalue weighted by molar-refractivity contribution is 5.84. The zero-order valence-corrected chi connectivity index (χ0v) is 21.1. The minimum atomic E-state index is 0.799. The Balaban J connectivity index is 1.35. The smallest absolute Gasteiger partial charge is 0.119 e. The van der Waals surface area contributed by atoms with Crippen LogP contribution in [0.4, 0.5) is 0 Å². The van der Waals surface area contributed by atoms with E-state index in [4.69, 9.17) is 4.74 Å². The Morgan fingerprint density at radius 2 is 1.20 bits per heavy atom. The average molecular weight is 461 g/mol. The van der Waals surface area contributed by atoms with E-state index in [1.54, 1.807) is 0 Å². The Kier molecular flexibility index (Phi) is 9.02. The predicted molar refractivity (Wildman–Crippen MR) is 150 cm³/mol. The van der Waals surface area contributed by atoms with Crippen molar-refractivity contribution < 1.29 is 4.74 Å². The molecule has 0 saturated heterocycles. The molecule has 0 amide bonds. The van der Waals surface area contributed by atoms with Crippen LogP contribution in [-0.2, 0) is 6.42 Å². The van der Waals surface area contributed by atoms with Crippen LogP contribution >= 0.6 is 0 Å². The fourth-order valence-corrected chi connectivity index (χ4v) is 4.35. The lowest BCUT2D eigenvalue weighted by atomic mass is 10.0. The molecule has 0 heterocycles. The molecule has 4 aromatic rings. The first-order valence-corrected chi connectivity index (χ1v) is 13.1. The summed E-state index contributed by atoms with van der Waals surface area (Å²) in [6.07, 6.45) is 8.59. The van der Waals surface area contributed by atoms with Gasteiger partial charge >= 0.3 is 0 Å². The lowest BCUT2D eigenvalue weighted by molar-refractivity contribution is 0.304. The molecule has 0 radical (unpaired) electrons. The van der Waals surface area contributed by atoms with Gasteiger partial charge in [0.05, 0.1) is 6.61 Å². The average Bonchev–Trinajstić information content (AvgIpc) is 2.90. The number of ether oxygens (including phenoxy) is 1. The molecular formula is C34H36O. The molecule has 4 aromatic carbocycles. The van der Waals surface area contributed by atoms with Gasteiger partial charge in [-0.15, -0.1) is 0 Å². The Morgan fingerprint density at radius 3 is 1.94 bits per heavy atom. The first-order valence-electron chi connectivity index (χ1n) is 13.1. The van der Waals surface area contributed by atoms with Crippen molar-refractivity contribution in [1.29, 1.82) is 0 Å². The lowest BCUT2D eigenvalue weighted by Crippen LogP contribution is -1.97. The van der Waals surface area contributed by atoms with Gasteiger partial charge in [0.1, 0.15) is 5.75 Å². The van der Waals surface area contributed by atoms with Crippen LogP contribution in [0.15, 0.2) is 84.9 Å². The number of rotatable bonds is 10. The van der Waals surface area contributed by atoms with Crippen LogP contribution in [0.2, 0.25) is 0 Å². The number of hydrogen-bond acceptors (Lipinski definition) is 1. The molecule has 1 heteroatoms. The first-order chi connectivity index (χ1) is 17.2. The molecule has 4 rings (SSSR count). The molecule has 35 heavy (non-hydrogen) atoms. The third-order valence-electron chi connectivity index (χ3n) is 6.38. The standard InChI is InChI=1S/C34H36O/c1-3-5-6-7-8-24-35-34-22-20-31(21-23-34)30-16-12-27(13-17-30)10-11-29-15-19-32-25-28(9-4-2)14-18-33(32)26-29/h12-23,25-26H,3-9,24H2,1-2H3. The van der Waals surface area contributed by atoms with E-state index >= 15 is 0 Å². The van der Waals surface area contributed by atoms with E-state index in [2.05, 4.69) is 111 Å². The van der Waals surface area contributed by atoms with Crippen molar-refractivity contribution in [3.8, 4) is 28.7 Å². The summed E-state index contributed by atoms with van der Waals surface area (Å²) < 4.78 is 5.90. The molecule has 0 saturated carbocycles. The number of fused-ring (bicyclic) bond motifs is 1. The molecule has 0 fully saturated rings. The summed E-state index contributed by atoms with van der Waals surface area (Å²) in [5, 5.41) is 2.53. The van der Waals surface area contributed by atoms with Gasteiger partial charge in [-0.25, -0.2) is 0 Å². The second-order valence-electron chi connectivity index (χ2n) is 9.26. The fourth-order valence-electron chi connectivity index (χ4n) is 4.35. The molecule has 0 aliphatic heterocycles. The van der Waals surface area contributed by atoms with E-state index in [1.165, 1.54) is 59.6 Å². The fraction of sp³-hybridized carbons (Fsp3) is 0.294. The van der Waals surface area contributed by atoms with Crippen molar-refractivity contribution in [3.63, 3.8) is 0 Å². The minimum absolute atomic E-state index is 0.799. The molecule has 0 spiro atoms. The molecule has 0 aliphatic rings. The molecule has 0 aliphatic carbocycles. The van der Waals surface area contributed by atoms with Crippen LogP contribution in [0, 0.1) is 11.8 Å². The third kappa shape index (κ3) is 7.24. The van der Waals surface area contributed by atoms with Crippen LogP contribution < -0.4 is 4.74 Å². The summed E-state index contributed by atoms with van der Waals surface area (Å²) in [6.45, 7) is 5.26. The summed E-state index contributed by atoms with van der Waals surface area (Å²) >= 11 is 0. The maximum atomic E-state index is 5.90. The molecule has 0 N–H and O–H groups in total. The van der Waals surface area contributed by atoms with Crippen molar-refractivity contribution in [2.45, 2.75) is 58.8 Å². The van der Waals surface area contributed by atoms with E-state index in [0.29, 0.717) is 0 Å². The molecule has 1 nitrogen and oxygen atoms in total. The quantitative estimate of drug-likeness (QED) is 0.169. The van der Waals surface area contributed by atoms with Gasteiger partial charge < -0.3 is 4.74 Å². The highest BCUT2D eigenvalue weighted by Crippen LogP contribution is 2.23. The number of benzene rings is 4. The van der Waals surface area contributed by atoms with E-state index in [1.807, 2.05) is 0 Å². The summed E-state index contributed by atoms with van der Waals surface area (Å²) in [5.74, 6) is 7.59. The van der Waals surface area contributed by atoms with Crippen molar-refractivity contribution in [2.24, 2.45) is 0 Å². The van der Waals surface area contributed by atoms with Crippen molar-refractivity contribution in [3.05, 3.63) is 102 Å². The van der Waals surface area contributed by atoms with Gasteiger partial charge in [0.25, 0.3) is 0 Å². The second kappa shape index (κ2) is 12.8. The number of aryl methyl sites for hydroxylation is 1. The SMILES string of the molecule is CCCCCCCOc1ccc(-c2ccc(C#Cc3ccc4cc(CCC)ccc4c3)cc2)cc1. The summed E-state index contributed by atoms with van der Waals surface area (Å²) in [4.78, 5) is 0. The summed E-state index contributed by atoms with van der Waals surface area (Å²) in [5.41, 5.74) is 5.85. The zero-order chi connectivity index (χ0) is 24.3. The van der Waals surface area contributed by atoms with Gasteiger partial charge in [-0.05, 0) is 76.7 Å². The minimum Gasteiger partial charge on any atom is -0.494 e. The third-order valence-corrected chi connectivity index (χ3v) is 6.38. The Labute approximate surface area is 211 Å². The van der Waals surface area contributed by atoms with Crippen LogP contribution in [0.5, 0.6) is 5.75 Å². The van der Waals surface area contributed by atoms with Gasteiger partial charge in [0.15, 0.2) is 0 Å². The zero-order valence-electron chi connectivity index (χ0n) is 21.1. The molecule has 0 bridgehead atoms. The molecule has 0 aromatic heterocycles. The highest BCUT2D eigenvalue weighted by Gasteiger charge is 2.01. The predicted octanol–water partition coefficient (Wildman–Crippen LogP) is 9.21. The van der Waals surface area contributed by atoms with E-state index in [0.717, 1.165) is 36.3 Å². The number of unbranched alkanes of at least 4 members (excludes halogenated alkanes) is 4. The maximum absolute atomic E-state index is 5.90. The summed E-state index contributed by atoms with van der Waals surface area (Å²) in [6, 6.07) is 30.1. The van der Waals surface area contributed by atoms with Gasteiger partial charge in [-0.1, -0.05) is 106 Å². The van der Waals surface area contributed by atoms with Gasteiger partial charge in [-0.2, -0.15) is 0 Å². The van der Waals surface area contributed by atoms with E-state index in [9.17, 15) is 0 Å². The van der Waals surface area contributed by atoms with Crippen LogP contribution in [0.1, 0.15) is 69.1 Å². The van der Waals surface area contributed by atoms with E-state index in [-0.39, 0.29) is 0 Å². The molecule has 178 valence electrons.